The number of aliphatic imine (C=N–C) groups is 1. The fourth-order valence-corrected chi connectivity index (χ4v) is 1.60. The first kappa shape index (κ1) is 13.7. The summed E-state index contributed by atoms with van der Waals surface area (Å²) in [5.74, 6) is 0. The van der Waals surface area contributed by atoms with Crippen LogP contribution in [-0.2, 0) is 11.3 Å². The van der Waals surface area contributed by atoms with E-state index in [0.29, 0.717) is 0 Å². The Morgan fingerprint density at radius 1 is 1.06 bits per heavy atom. The zero-order valence-electron chi connectivity index (χ0n) is 10.3. The summed E-state index contributed by atoms with van der Waals surface area (Å²) < 4.78 is 5.60. The van der Waals surface area contributed by atoms with Gasteiger partial charge in [-0.1, -0.05) is 43.2 Å². The standard InChI is InChI=1S/C14H22N2O/c15-13-16-10-6-1-2-7-11-17-12-14-8-4-3-5-9-14/h3-5,8-9,13H,1-2,6-7,10-12H2,(H2,15,16). The number of nitrogens with two attached hydrogens (primary N) is 1. The fraction of sp³-hybridized carbons (Fsp3) is 0.500. The van der Waals surface area contributed by atoms with Crippen LogP contribution in [-0.4, -0.2) is 19.5 Å². The lowest BCUT2D eigenvalue weighted by molar-refractivity contribution is 0.117. The van der Waals surface area contributed by atoms with Crippen LogP contribution in [0, 0.1) is 0 Å². The Labute approximate surface area is 104 Å². The molecule has 0 aliphatic carbocycles. The number of benzene rings is 1. The van der Waals surface area contributed by atoms with E-state index in [9.17, 15) is 0 Å². The molecule has 17 heavy (non-hydrogen) atoms. The van der Waals surface area contributed by atoms with Crippen molar-refractivity contribution in [1.82, 2.24) is 0 Å². The summed E-state index contributed by atoms with van der Waals surface area (Å²) in [7, 11) is 0. The topological polar surface area (TPSA) is 47.6 Å². The summed E-state index contributed by atoms with van der Waals surface area (Å²) in [6.45, 7) is 2.41. The monoisotopic (exact) mass is 234 g/mol. The summed E-state index contributed by atoms with van der Waals surface area (Å²) in [6, 6.07) is 10.3. The average Bonchev–Trinajstić information content (AvgIpc) is 2.38. The van der Waals surface area contributed by atoms with Crippen LogP contribution in [0.2, 0.25) is 0 Å². The molecule has 3 nitrogen and oxygen atoms in total. The van der Waals surface area contributed by atoms with Gasteiger partial charge in [0.2, 0.25) is 0 Å². The van der Waals surface area contributed by atoms with Gasteiger partial charge in [0.15, 0.2) is 0 Å². The van der Waals surface area contributed by atoms with Gasteiger partial charge in [0.1, 0.15) is 0 Å². The second-order valence-corrected chi connectivity index (χ2v) is 4.01. The molecule has 0 radical (unpaired) electrons. The maximum atomic E-state index is 5.60. The lowest BCUT2D eigenvalue weighted by Gasteiger charge is -2.04. The van der Waals surface area contributed by atoms with Crippen molar-refractivity contribution < 1.29 is 4.74 Å². The van der Waals surface area contributed by atoms with Gasteiger partial charge in [-0.3, -0.25) is 4.99 Å². The Balaban J connectivity index is 1.88. The van der Waals surface area contributed by atoms with Gasteiger partial charge in [-0.05, 0) is 18.4 Å². The van der Waals surface area contributed by atoms with E-state index in [2.05, 4.69) is 17.1 Å². The summed E-state index contributed by atoms with van der Waals surface area (Å²) in [5.41, 5.74) is 6.39. The molecule has 0 bridgehead atoms. The normalized spacial score (nSPS) is 11.1. The molecule has 0 spiro atoms. The number of rotatable bonds is 9. The molecular weight excluding hydrogens is 212 g/mol. The molecular formula is C14H22N2O. The molecule has 2 N–H and O–H groups in total. The van der Waals surface area contributed by atoms with Gasteiger partial charge in [-0.15, -0.1) is 0 Å². The van der Waals surface area contributed by atoms with Crippen molar-refractivity contribution in [3.05, 3.63) is 35.9 Å². The van der Waals surface area contributed by atoms with Crippen molar-refractivity contribution in [2.24, 2.45) is 10.7 Å². The van der Waals surface area contributed by atoms with E-state index in [0.717, 1.165) is 32.6 Å². The Morgan fingerprint density at radius 3 is 2.59 bits per heavy atom. The highest BCUT2D eigenvalue weighted by molar-refractivity contribution is 5.50. The molecule has 0 saturated heterocycles. The first-order chi connectivity index (χ1) is 8.43. The van der Waals surface area contributed by atoms with E-state index in [-0.39, 0.29) is 0 Å². The number of hydrogen-bond acceptors (Lipinski definition) is 2. The molecule has 0 fully saturated rings. The van der Waals surface area contributed by atoms with Crippen molar-refractivity contribution in [1.29, 1.82) is 0 Å². The van der Waals surface area contributed by atoms with Gasteiger partial charge >= 0.3 is 0 Å². The Bertz CT molecular complexity index is 298. The average molecular weight is 234 g/mol. The molecule has 1 aromatic rings. The first-order valence-electron chi connectivity index (χ1n) is 6.25. The second-order valence-electron chi connectivity index (χ2n) is 4.01. The Hall–Kier alpha value is -1.35. The molecule has 0 aliphatic heterocycles. The van der Waals surface area contributed by atoms with Gasteiger partial charge in [0.05, 0.1) is 12.9 Å². The van der Waals surface area contributed by atoms with Crippen molar-refractivity contribution >= 4 is 6.34 Å². The van der Waals surface area contributed by atoms with E-state index < -0.39 is 0 Å². The van der Waals surface area contributed by atoms with Gasteiger partial charge in [0, 0.05) is 13.2 Å². The lowest BCUT2D eigenvalue weighted by Crippen LogP contribution is -1.96. The lowest BCUT2D eigenvalue weighted by atomic mass is 10.2. The maximum Gasteiger partial charge on any atom is 0.0797 e. The summed E-state index contributed by atoms with van der Waals surface area (Å²) >= 11 is 0. The van der Waals surface area contributed by atoms with E-state index in [4.69, 9.17) is 10.5 Å². The minimum Gasteiger partial charge on any atom is -0.390 e. The number of ether oxygens (including phenoxy) is 1. The van der Waals surface area contributed by atoms with Gasteiger partial charge < -0.3 is 10.5 Å². The number of nitrogens with zero attached hydrogens (tertiary/aromatic N) is 1. The fourth-order valence-electron chi connectivity index (χ4n) is 1.60. The molecule has 0 atom stereocenters. The Kier molecular flexibility index (Phi) is 7.94. The maximum absolute atomic E-state index is 5.60. The second kappa shape index (κ2) is 9.85. The van der Waals surface area contributed by atoms with Crippen LogP contribution >= 0.6 is 0 Å². The number of unbranched alkanes of at least 4 members (excludes halogenated alkanes) is 3. The number of hydrogen-bond donors (Lipinski definition) is 1. The van der Waals surface area contributed by atoms with E-state index in [1.807, 2.05) is 18.2 Å². The van der Waals surface area contributed by atoms with Gasteiger partial charge in [-0.25, -0.2) is 0 Å². The molecule has 94 valence electrons. The molecule has 0 aromatic heterocycles. The third kappa shape index (κ3) is 7.53. The third-order valence-corrected chi connectivity index (χ3v) is 2.54. The van der Waals surface area contributed by atoms with E-state index >= 15 is 0 Å². The summed E-state index contributed by atoms with van der Waals surface area (Å²) in [5, 5.41) is 0. The summed E-state index contributed by atoms with van der Waals surface area (Å²) in [4.78, 5) is 3.97. The highest BCUT2D eigenvalue weighted by atomic mass is 16.5. The van der Waals surface area contributed by atoms with Crippen LogP contribution in [0.4, 0.5) is 0 Å². The highest BCUT2D eigenvalue weighted by Gasteiger charge is 1.92. The zero-order chi connectivity index (χ0) is 12.2. The molecule has 0 aliphatic rings. The zero-order valence-corrected chi connectivity index (χ0v) is 10.3. The predicted octanol–water partition coefficient (Wildman–Crippen LogP) is 2.75. The third-order valence-electron chi connectivity index (χ3n) is 2.54. The van der Waals surface area contributed by atoms with Crippen LogP contribution < -0.4 is 5.73 Å². The molecule has 0 amide bonds. The van der Waals surface area contributed by atoms with Crippen LogP contribution in [0.15, 0.2) is 35.3 Å². The van der Waals surface area contributed by atoms with E-state index in [1.54, 1.807) is 0 Å². The highest BCUT2D eigenvalue weighted by Crippen LogP contribution is 2.03. The van der Waals surface area contributed by atoms with Crippen LogP contribution in [0.5, 0.6) is 0 Å². The largest absolute Gasteiger partial charge is 0.390 e. The minimum absolute atomic E-state index is 0.721. The molecule has 1 aromatic carbocycles. The van der Waals surface area contributed by atoms with E-state index in [1.165, 1.54) is 24.7 Å². The van der Waals surface area contributed by atoms with Crippen molar-refractivity contribution in [2.45, 2.75) is 32.3 Å². The van der Waals surface area contributed by atoms with Gasteiger partial charge in [-0.2, -0.15) is 0 Å². The smallest absolute Gasteiger partial charge is 0.0797 e. The van der Waals surface area contributed by atoms with Crippen molar-refractivity contribution in [3.63, 3.8) is 0 Å². The van der Waals surface area contributed by atoms with Crippen LogP contribution in [0.25, 0.3) is 0 Å². The predicted molar refractivity (Wildman–Crippen MR) is 72.1 cm³/mol. The molecule has 0 heterocycles. The Morgan fingerprint density at radius 2 is 1.82 bits per heavy atom. The van der Waals surface area contributed by atoms with Gasteiger partial charge in [0.25, 0.3) is 0 Å². The van der Waals surface area contributed by atoms with Crippen LogP contribution in [0.3, 0.4) is 0 Å². The molecule has 0 saturated carbocycles. The quantitative estimate of drug-likeness (QED) is 0.406. The molecule has 0 unspecified atom stereocenters. The van der Waals surface area contributed by atoms with Crippen LogP contribution in [0.1, 0.15) is 31.2 Å². The van der Waals surface area contributed by atoms with Crippen molar-refractivity contribution in [3.8, 4) is 0 Å². The summed E-state index contributed by atoms with van der Waals surface area (Å²) in [6.07, 6.45) is 6.02. The van der Waals surface area contributed by atoms with Crippen molar-refractivity contribution in [2.75, 3.05) is 13.2 Å². The molecule has 1 rings (SSSR count). The SMILES string of the molecule is NC=NCCCCCCOCc1ccccc1. The minimum atomic E-state index is 0.721. The first-order valence-corrected chi connectivity index (χ1v) is 6.25. The molecule has 3 heteroatoms.